The maximum absolute atomic E-state index is 12.3. The Morgan fingerprint density at radius 2 is 1.86 bits per heavy atom. The Morgan fingerprint density at radius 1 is 1.10 bits per heavy atom. The molecular weight excluding hydrogens is 266 g/mol. The molecule has 5 heteroatoms. The molecule has 0 atom stereocenters. The van der Waals surface area contributed by atoms with Crippen molar-refractivity contribution in [1.82, 2.24) is 9.78 Å². The highest BCUT2D eigenvalue weighted by Gasteiger charge is 2.13. The minimum Gasteiger partial charge on any atom is -0.497 e. The molecule has 3 N–H and O–H groups in total. The second kappa shape index (κ2) is 5.20. The van der Waals surface area contributed by atoms with Gasteiger partial charge in [0.15, 0.2) is 0 Å². The summed E-state index contributed by atoms with van der Waals surface area (Å²) in [7, 11) is 1.58. The zero-order valence-corrected chi connectivity index (χ0v) is 11.5. The fourth-order valence-corrected chi connectivity index (χ4v) is 2.21. The molecule has 0 aliphatic rings. The first-order chi connectivity index (χ1) is 10.2. The van der Waals surface area contributed by atoms with E-state index in [-0.39, 0.29) is 11.2 Å². The lowest BCUT2D eigenvalue weighted by Gasteiger charge is -2.04. The topological polar surface area (TPSA) is 73.0 Å². The van der Waals surface area contributed by atoms with Crippen LogP contribution in [0.4, 0.5) is 5.69 Å². The van der Waals surface area contributed by atoms with E-state index in [1.807, 2.05) is 48.5 Å². The predicted octanol–water partition coefficient (Wildman–Crippen LogP) is 2.42. The molecule has 0 spiro atoms. The molecule has 0 fully saturated rings. The van der Waals surface area contributed by atoms with Crippen LogP contribution < -0.4 is 16.0 Å². The van der Waals surface area contributed by atoms with Crippen molar-refractivity contribution in [1.29, 1.82) is 0 Å². The van der Waals surface area contributed by atoms with E-state index >= 15 is 0 Å². The van der Waals surface area contributed by atoms with Gasteiger partial charge in [-0.3, -0.25) is 9.89 Å². The summed E-state index contributed by atoms with van der Waals surface area (Å²) in [6.07, 6.45) is 0. The van der Waals surface area contributed by atoms with Crippen molar-refractivity contribution in [3.8, 4) is 22.7 Å². The predicted molar refractivity (Wildman–Crippen MR) is 82.8 cm³/mol. The SMILES string of the molecule is COc1cccc(-n2[nH]c(-c3ccccc3)c(N)c2=O)c1. The molecule has 106 valence electrons. The van der Waals surface area contributed by atoms with Crippen molar-refractivity contribution < 1.29 is 4.74 Å². The number of ether oxygens (including phenoxy) is 1. The fourth-order valence-electron chi connectivity index (χ4n) is 2.21. The quantitative estimate of drug-likeness (QED) is 0.774. The van der Waals surface area contributed by atoms with E-state index in [2.05, 4.69) is 5.10 Å². The highest BCUT2D eigenvalue weighted by Crippen LogP contribution is 2.22. The van der Waals surface area contributed by atoms with E-state index in [1.54, 1.807) is 13.2 Å². The average Bonchev–Trinajstić information content (AvgIpc) is 2.84. The summed E-state index contributed by atoms with van der Waals surface area (Å²) in [5.41, 5.74) is 8.03. The average molecular weight is 281 g/mol. The maximum atomic E-state index is 12.3. The first-order valence-corrected chi connectivity index (χ1v) is 6.51. The molecule has 5 nitrogen and oxygen atoms in total. The van der Waals surface area contributed by atoms with Crippen LogP contribution in [0.5, 0.6) is 5.75 Å². The molecule has 0 aliphatic carbocycles. The van der Waals surface area contributed by atoms with Crippen LogP contribution >= 0.6 is 0 Å². The van der Waals surface area contributed by atoms with Gasteiger partial charge in [-0.2, -0.15) is 0 Å². The van der Waals surface area contributed by atoms with Crippen LogP contribution in [-0.4, -0.2) is 16.9 Å². The highest BCUT2D eigenvalue weighted by atomic mass is 16.5. The molecule has 2 aromatic carbocycles. The highest BCUT2D eigenvalue weighted by molar-refractivity contribution is 5.72. The van der Waals surface area contributed by atoms with Crippen LogP contribution in [0.15, 0.2) is 59.4 Å². The van der Waals surface area contributed by atoms with E-state index in [1.165, 1.54) is 4.68 Å². The van der Waals surface area contributed by atoms with Gasteiger partial charge in [0.25, 0.3) is 5.56 Å². The molecule has 0 radical (unpaired) electrons. The number of H-pyrrole nitrogens is 1. The number of rotatable bonds is 3. The largest absolute Gasteiger partial charge is 0.497 e. The van der Waals surface area contributed by atoms with Crippen LogP contribution in [-0.2, 0) is 0 Å². The first kappa shape index (κ1) is 13.1. The molecule has 0 saturated heterocycles. The number of nitrogens with zero attached hydrogens (tertiary/aromatic N) is 1. The number of methoxy groups -OCH3 is 1. The molecule has 0 amide bonds. The summed E-state index contributed by atoms with van der Waals surface area (Å²) >= 11 is 0. The number of aromatic nitrogens is 2. The van der Waals surface area contributed by atoms with Gasteiger partial charge in [0.2, 0.25) is 0 Å². The molecule has 1 heterocycles. The summed E-state index contributed by atoms with van der Waals surface area (Å²) in [4.78, 5) is 12.3. The van der Waals surface area contributed by atoms with Gasteiger partial charge in [0.1, 0.15) is 11.4 Å². The molecule has 1 aromatic heterocycles. The Kier molecular flexibility index (Phi) is 3.23. The third kappa shape index (κ3) is 2.29. The van der Waals surface area contributed by atoms with Gasteiger partial charge in [-0.25, -0.2) is 4.68 Å². The Labute approximate surface area is 121 Å². The number of anilines is 1. The Hall–Kier alpha value is -2.95. The molecular formula is C16H15N3O2. The van der Waals surface area contributed by atoms with Crippen molar-refractivity contribution in [2.45, 2.75) is 0 Å². The van der Waals surface area contributed by atoms with Crippen LogP contribution in [0.3, 0.4) is 0 Å². The smallest absolute Gasteiger partial charge is 0.295 e. The lowest BCUT2D eigenvalue weighted by atomic mass is 10.1. The lowest BCUT2D eigenvalue weighted by molar-refractivity contribution is 0.414. The molecule has 21 heavy (non-hydrogen) atoms. The summed E-state index contributed by atoms with van der Waals surface area (Å²) in [5.74, 6) is 0.675. The van der Waals surface area contributed by atoms with Crippen LogP contribution in [0.25, 0.3) is 16.9 Å². The second-order valence-electron chi connectivity index (χ2n) is 4.61. The molecule has 0 unspecified atom stereocenters. The summed E-state index contributed by atoms with van der Waals surface area (Å²) in [6.45, 7) is 0. The third-order valence-electron chi connectivity index (χ3n) is 3.30. The number of hydrogen-bond donors (Lipinski definition) is 2. The molecule has 0 saturated carbocycles. The minimum absolute atomic E-state index is 0.198. The molecule has 3 rings (SSSR count). The second-order valence-corrected chi connectivity index (χ2v) is 4.61. The summed E-state index contributed by atoms with van der Waals surface area (Å²) in [5, 5.41) is 3.06. The number of benzene rings is 2. The number of nitrogens with one attached hydrogen (secondary N) is 1. The van der Waals surface area contributed by atoms with E-state index in [4.69, 9.17) is 10.5 Å². The Bertz CT molecular complexity index is 819. The minimum atomic E-state index is -0.276. The summed E-state index contributed by atoms with van der Waals surface area (Å²) in [6, 6.07) is 16.7. The van der Waals surface area contributed by atoms with Crippen LogP contribution in [0.1, 0.15) is 0 Å². The van der Waals surface area contributed by atoms with Gasteiger partial charge in [-0.1, -0.05) is 36.4 Å². The molecule has 0 bridgehead atoms. The maximum Gasteiger partial charge on any atom is 0.295 e. The lowest BCUT2D eigenvalue weighted by Crippen LogP contribution is -2.16. The van der Waals surface area contributed by atoms with Gasteiger partial charge in [-0.15, -0.1) is 0 Å². The van der Waals surface area contributed by atoms with Gasteiger partial charge in [0, 0.05) is 11.6 Å². The van der Waals surface area contributed by atoms with Crippen molar-refractivity contribution >= 4 is 5.69 Å². The number of nitrogens with two attached hydrogens (primary N) is 1. The van der Waals surface area contributed by atoms with Crippen molar-refractivity contribution in [2.24, 2.45) is 0 Å². The fraction of sp³-hybridized carbons (Fsp3) is 0.0625. The first-order valence-electron chi connectivity index (χ1n) is 6.51. The van der Waals surface area contributed by atoms with E-state index in [0.717, 1.165) is 5.56 Å². The van der Waals surface area contributed by atoms with Gasteiger partial charge >= 0.3 is 0 Å². The zero-order valence-electron chi connectivity index (χ0n) is 11.5. The van der Waals surface area contributed by atoms with Gasteiger partial charge in [-0.05, 0) is 12.1 Å². The van der Waals surface area contributed by atoms with E-state index in [9.17, 15) is 4.79 Å². The normalized spacial score (nSPS) is 10.5. The monoisotopic (exact) mass is 281 g/mol. The number of nitrogen functional groups attached to an aromatic ring is 1. The number of aromatic amines is 1. The Balaban J connectivity index is 2.15. The summed E-state index contributed by atoms with van der Waals surface area (Å²) < 4.78 is 6.59. The standard InChI is InChI=1S/C16H15N3O2/c1-21-13-9-5-8-12(10-13)19-16(20)14(17)15(18-19)11-6-3-2-4-7-11/h2-10,18H,17H2,1H3. The van der Waals surface area contributed by atoms with E-state index < -0.39 is 0 Å². The van der Waals surface area contributed by atoms with Gasteiger partial charge in [0.05, 0.1) is 18.5 Å². The van der Waals surface area contributed by atoms with Crippen molar-refractivity contribution in [2.75, 3.05) is 12.8 Å². The van der Waals surface area contributed by atoms with Crippen molar-refractivity contribution in [3.63, 3.8) is 0 Å². The van der Waals surface area contributed by atoms with Crippen LogP contribution in [0.2, 0.25) is 0 Å². The third-order valence-corrected chi connectivity index (χ3v) is 3.30. The zero-order chi connectivity index (χ0) is 14.8. The van der Waals surface area contributed by atoms with Crippen LogP contribution in [0, 0.1) is 0 Å². The molecule has 3 aromatic rings. The number of hydrogen-bond acceptors (Lipinski definition) is 3. The Morgan fingerprint density at radius 3 is 2.57 bits per heavy atom. The molecule has 0 aliphatic heterocycles. The van der Waals surface area contributed by atoms with Crippen molar-refractivity contribution in [3.05, 3.63) is 65.0 Å². The van der Waals surface area contributed by atoms with E-state index in [0.29, 0.717) is 17.1 Å². The van der Waals surface area contributed by atoms with Gasteiger partial charge < -0.3 is 10.5 Å².